The Balaban J connectivity index is 1.74. The molecule has 0 bridgehead atoms. The number of hydrogen-bond acceptors (Lipinski definition) is 4. The molecule has 0 saturated carbocycles. The number of aromatic hydroxyl groups is 1. The number of phenols is 1. The van der Waals surface area contributed by atoms with Crippen LogP contribution in [0.3, 0.4) is 0 Å². The highest BCUT2D eigenvalue weighted by molar-refractivity contribution is 7.89. The Labute approximate surface area is 151 Å². The molecule has 0 unspecified atom stereocenters. The van der Waals surface area contributed by atoms with Crippen LogP contribution in [0.4, 0.5) is 4.39 Å². The van der Waals surface area contributed by atoms with Crippen molar-refractivity contribution in [3.63, 3.8) is 0 Å². The molecule has 0 radical (unpaired) electrons. The Kier molecular flexibility index (Phi) is 4.97. The van der Waals surface area contributed by atoms with Gasteiger partial charge in [-0.1, -0.05) is 24.3 Å². The number of aryl methyl sites for hydroxylation is 1. The summed E-state index contributed by atoms with van der Waals surface area (Å²) in [6.07, 6.45) is 0. The minimum absolute atomic E-state index is 0.0645. The van der Waals surface area contributed by atoms with Gasteiger partial charge in [-0.05, 0) is 30.7 Å². The fourth-order valence-corrected chi connectivity index (χ4v) is 4.41. The van der Waals surface area contributed by atoms with E-state index in [1.165, 1.54) is 33.5 Å². The molecule has 8 heteroatoms. The van der Waals surface area contributed by atoms with Crippen LogP contribution in [0, 0.1) is 12.7 Å². The summed E-state index contributed by atoms with van der Waals surface area (Å²) < 4.78 is 40.2. The van der Waals surface area contributed by atoms with Crippen LogP contribution in [0.2, 0.25) is 0 Å². The van der Waals surface area contributed by atoms with Gasteiger partial charge in [-0.2, -0.15) is 4.31 Å². The van der Waals surface area contributed by atoms with E-state index in [2.05, 4.69) is 0 Å². The molecule has 0 spiro atoms. The van der Waals surface area contributed by atoms with Gasteiger partial charge in [-0.3, -0.25) is 4.79 Å². The molecule has 1 N–H and O–H groups in total. The van der Waals surface area contributed by atoms with Gasteiger partial charge in [-0.25, -0.2) is 12.8 Å². The lowest BCUT2D eigenvalue weighted by Crippen LogP contribution is -2.50. The van der Waals surface area contributed by atoms with Gasteiger partial charge in [0.15, 0.2) is 0 Å². The van der Waals surface area contributed by atoms with E-state index in [1.54, 1.807) is 19.1 Å². The number of sulfonamides is 1. The summed E-state index contributed by atoms with van der Waals surface area (Å²) in [6, 6.07) is 10.1. The Morgan fingerprint density at radius 2 is 1.69 bits per heavy atom. The highest BCUT2D eigenvalue weighted by Gasteiger charge is 2.32. The third-order valence-electron chi connectivity index (χ3n) is 4.45. The van der Waals surface area contributed by atoms with Gasteiger partial charge in [0.25, 0.3) is 5.91 Å². The van der Waals surface area contributed by atoms with Gasteiger partial charge in [0.05, 0.1) is 5.56 Å². The molecule has 3 rings (SSSR count). The highest BCUT2D eigenvalue weighted by atomic mass is 32.2. The Morgan fingerprint density at radius 1 is 1.04 bits per heavy atom. The minimum Gasteiger partial charge on any atom is -0.507 e. The topological polar surface area (TPSA) is 77.9 Å². The second-order valence-electron chi connectivity index (χ2n) is 6.10. The second kappa shape index (κ2) is 7.05. The van der Waals surface area contributed by atoms with Crippen molar-refractivity contribution in [3.8, 4) is 5.75 Å². The summed E-state index contributed by atoms with van der Waals surface area (Å²) in [4.78, 5) is 13.7. The molecule has 2 aromatic rings. The number of hydrogen-bond donors (Lipinski definition) is 1. The molecule has 0 atom stereocenters. The predicted octanol–water partition coefficient (Wildman–Crippen LogP) is 1.99. The van der Waals surface area contributed by atoms with Gasteiger partial charge < -0.3 is 10.0 Å². The van der Waals surface area contributed by atoms with E-state index in [9.17, 15) is 22.7 Å². The van der Waals surface area contributed by atoms with Crippen molar-refractivity contribution in [3.05, 3.63) is 59.4 Å². The van der Waals surface area contributed by atoms with E-state index >= 15 is 0 Å². The smallest absolute Gasteiger partial charge is 0.257 e. The fraction of sp³-hybridized carbons (Fsp3) is 0.278. The zero-order valence-electron chi connectivity index (χ0n) is 14.2. The summed E-state index contributed by atoms with van der Waals surface area (Å²) >= 11 is 0. The maximum atomic E-state index is 13.9. The minimum atomic E-state index is -3.95. The summed E-state index contributed by atoms with van der Waals surface area (Å²) in [5, 5.41) is 10.1. The maximum Gasteiger partial charge on any atom is 0.257 e. The van der Waals surface area contributed by atoms with E-state index < -0.39 is 15.8 Å². The first-order valence-electron chi connectivity index (χ1n) is 8.15. The monoisotopic (exact) mass is 378 g/mol. The molecular formula is C18H19FN2O4S. The van der Waals surface area contributed by atoms with Crippen LogP contribution >= 0.6 is 0 Å². The number of nitrogens with zero attached hydrogens (tertiary/aromatic N) is 2. The largest absolute Gasteiger partial charge is 0.507 e. The highest BCUT2D eigenvalue weighted by Crippen LogP contribution is 2.25. The first kappa shape index (κ1) is 18.3. The first-order chi connectivity index (χ1) is 12.3. The Hall–Kier alpha value is -2.45. The number of amides is 1. The molecule has 1 fully saturated rings. The fourth-order valence-electron chi connectivity index (χ4n) is 2.93. The number of carbonyl (C=O) groups excluding carboxylic acids is 1. The lowest BCUT2D eigenvalue weighted by atomic mass is 10.1. The molecule has 0 aliphatic carbocycles. The molecule has 1 aliphatic heterocycles. The third kappa shape index (κ3) is 3.30. The summed E-state index contributed by atoms with van der Waals surface area (Å²) in [7, 11) is -3.95. The molecular weight excluding hydrogens is 359 g/mol. The number of piperazine rings is 1. The number of carbonyl (C=O) groups is 1. The van der Waals surface area contributed by atoms with Crippen LogP contribution < -0.4 is 0 Å². The normalized spacial score (nSPS) is 15.8. The summed E-state index contributed by atoms with van der Waals surface area (Å²) in [5.74, 6) is -1.22. The van der Waals surface area contributed by atoms with Crippen LogP contribution in [0.15, 0.2) is 47.4 Å². The van der Waals surface area contributed by atoms with Crippen LogP contribution in [-0.4, -0.2) is 54.8 Å². The molecule has 1 aliphatic rings. The quantitative estimate of drug-likeness (QED) is 0.886. The molecule has 6 nitrogen and oxygen atoms in total. The van der Waals surface area contributed by atoms with E-state index in [4.69, 9.17) is 0 Å². The molecule has 26 heavy (non-hydrogen) atoms. The average Bonchev–Trinajstić information content (AvgIpc) is 2.64. The molecule has 0 aromatic heterocycles. The van der Waals surface area contributed by atoms with Crippen molar-refractivity contribution in [2.45, 2.75) is 11.8 Å². The molecule has 1 amide bonds. The van der Waals surface area contributed by atoms with Crippen molar-refractivity contribution in [1.29, 1.82) is 0 Å². The molecule has 138 valence electrons. The van der Waals surface area contributed by atoms with Gasteiger partial charge >= 0.3 is 0 Å². The van der Waals surface area contributed by atoms with Crippen LogP contribution in [0.1, 0.15) is 15.9 Å². The Morgan fingerprint density at radius 3 is 2.35 bits per heavy atom. The van der Waals surface area contributed by atoms with Crippen molar-refractivity contribution in [1.82, 2.24) is 9.21 Å². The lowest BCUT2D eigenvalue weighted by Gasteiger charge is -2.34. The summed E-state index contributed by atoms with van der Waals surface area (Å²) in [6.45, 7) is 2.16. The van der Waals surface area contributed by atoms with Gasteiger partial charge in [0, 0.05) is 26.2 Å². The van der Waals surface area contributed by atoms with Crippen molar-refractivity contribution >= 4 is 15.9 Å². The zero-order chi connectivity index (χ0) is 18.9. The molecule has 1 saturated heterocycles. The van der Waals surface area contributed by atoms with Gasteiger partial charge in [0.2, 0.25) is 10.0 Å². The van der Waals surface area contributed by atoms with Crippen LogP contribution in [0.25, 0.3) is 0 Å². The van der Waals surface area contributed by atoms with E-state index in [0.717, 1.165) is 6.07 Å². The maximum absolute atomic E-state index is 13.9. The summed E-state index contributed by atoms with van der Waals surface area (Å²) in [5.41, 5.74) is 0.784. The molecule has 1 heterocycles. The van der Waals surface area contributed by atoms with Crippen molar-refractivity contribution < 1.29 is 22.7 Å². The van der Waals surface area contributed by atoms with Gasteiger partial charge in [-0.15, -0.1) is 0 Å². The number of rotatable bonds is 3. The van der Waals surface area contributed by atoms with Gasteiger partial charge in [0.1, 0.15) is 16.5 Å². The first-order valence-corrected chi connectivity index (χ1v) is 9.59. The van der Waals surface area contributed by atoms with E-state index in [1.807, 2.05) is 0 Å². The predicted molar refractivity (Wildman–Crippen MR) is 93.9 cm³/mol. The van der Waals surface area contributed by atoms with Crippen LogP contribution in [0.5, 0.6) is 5.75 Å². The number of halogens is 1. The number of para-hydroxylation sites is 1. The van der Waals surface area contributed by atoms with Crippen LogP contribution in [-0.2, 0) is 10.0 Å². The standard InChI is InChI=1S/C18H19FN2O4S/c1-13-5-4-6-14(17(13)22)18(23)20-9-11-21(12-10-20)26(24,25)16-8-3-2-7-15(16)19/h2-8,22H,9-12H2,1H3. The Bertz CT molecular complexity index is 938. The lowest BCUT2D eigenvalue weighted by molar-refractivity contribution is 0.0694. The van der Waals surface area contributed by atoms with Crippen molar-refractivity contribution in [2.75, 3.05) is 26.2 Å². The second-order valence-corrected chi connectivity index (χ2v) is 8.00. The number of phenolic OH excluding ortho intramolecular Hbond substituents is 1. The zero-order valence-corrected chi connectivity index (χ0v) is 15.0. The third-order valence-corrected chi connectivity index (χ3v) is 6.38. The van der Waals surface area contributed by atoms with E-state index in [-0.39, 0.29) is 48.3 Å². The average molecular weight is 378 g/mol. The molecule has 2 aromatic carbocycles. The SMILES string of the molecule is Cc1cccc(C(=O)N2CCN(S(=O)(=O)c3ccccc3F)CC2)c1O. The van der Waals surface area contributed by atoms with Crippen molar-refractivity contribution in [2.24, 2.45) is 0 Å². The number of benzene rings is 2. The van der Waals surface area contributed by atoms with E-state index in [0.29, 0.717) is 5.56 Å².